The third-order valence-electron chi connectivity index (χ3n) is 2.83. The second-order valence-corrected chi connectivity index (χ2v) is 4.22. The molecule has 0 aliphatic heterocycles. The number of aromatic nitrogens is 1. The van der Waals surface area contributed by atoms with Gasteiger partial charge in [0.2, 0.25) is 12.3 Å². The molecule has 0 saturated heterocycles. The van der Waals surface area contributed by atoms with Crippen LogP contribution in [0, 0.1) is 0 Å². The maximum Gasteiger partial charge on any atom is 0.403 e. The number of carbonyl (C=O) groups is 2. The van der Waals surface area contributed by atoms with E-state index in [2.05, 4.69) is 0 Å². The lowest BCUT2D eigenvalue weighted by atomic mass is 10.1. The van der Waals surface area contributed by atoms with E-state index in [1.807, 2.05) is 18.2 Å². The van der Waals surface area contributed by atoms with Gasteiger partial charge in [-0.05, 0) is 13.0 Å². The monoisotopic (exact) mass is 349 g/mol. The van der Waals surface area contributed by atoms with Crippen molar-refractivity contribution >= 4 is 11.8 Å². The SMILES string of the molecule is CCOC(=O)c1cccc[n+]1CC(=O)c1ccccc1.[Br-]. The van der Waals surface area contributed by atoms with Crippen molar-refractivity contribution in [1.82, 2.24) is 0 Å². The predicted octanol–water partition coefficient (Wildman–Crippen LogP) is -0.962. The number of pyridine rings is 1. The number of carbonyl (C=O) groups excluding carboxylic acids is 2. The van der Waals surface area contributed by atoms with E-state index in [1.165, 1.54) is 0 Å². The van der Waals surface area contributed by atoms with Crippen LogP contribution in [0.15, 0.2) is 54.7 Å². The van der Waals surface area contributed by atoms with Crippen molar-refractivity contribution in [2.45, 2.75) is 13.5 Å². The van der Waals surface area contributed by atoms with Crippen LogP contribution < -0.4 is 21.5 Å². The molecule has 0 N–H and O–H groups in total. The number of nitrogens with zero attached hydrogens (tertiary/aromatic N) is 1. The molecular weight excluding hydrogens is 334 g/mol. The van der Waals surface area contributed by atoms with Gasteiger partial charge in [-0.3, -0.25) is 4.79 Å². The van der Waals surface area contributed by atoms with Crippen molar-refractivity contribution < 1.29 is 35.9 Å². The summed E-state index contributed by atoms with van der Waals surface area (Å²) in [5.41, 5.74) is 0.997. The quantitative estimate of drug-likeness (QED) is 0.397. The van der Waals surface area contributed by atoms with Gasteiger partial charge in [-0.1, -0.05) is 30.3 Å². The fourth-order valence-corrected chi connectivity index (χ4v) is 1.87. The number of ether oxygens (including phenoxy) is 1. The van der Waals surface area contributed by atoms with Gasteiger partial charge < -0.3 is 21.7 Å². The summed E-state index contributed by atoms with van der Waals surface area (Å²) >= 11 is 0. The number of halogens is 1. The van der Waals surface area contributed by atoms with E-state index in [-0.39, 0.29) is 29.3 Å². The summed E-state index contributed by atoms with van der Waals surface area (Å²) in [6.07, 6.45) is 1.70. The van der Waals surface area contributed by atoms with Crippen LogP contribution in [0.25, 0.3) is 0 Å². The second-order valence-electron chi connectivity index (χ2n) is 4.22. The summed E-state index contributed by atoms with van der Waals surface area (Å²) in [4.78, 5) is 24.0. The third-order valence-corrected chi connectivity index (χ3v) is 2.83. The molecule has 0 spiro atoms. The van der Waals surface area contributed by atoms with Gasteiger partial charge in [-0.15, -0.1) is 0 Å². The number of esters is 1. The van der Waals surface area contributed by atoms with Crippen molar-refractivity contribution in [3.05, 3.63) is 66.0 Å². The molecule has 21 heavy (non-hydrogen) atoms. The Labute approximate surface area is 134 Å². The molecule has 2 aromatic rings. The molecule has 0 fully saturated rings. The zero-order valence-corrected chi connectivity index (χ0v) is 13.2. The lowest BCUT2D eigenvalue weighted by Crippen LogP contribution is -3.00. The summed E-state index contributed by atoms with van der Waals surface area (Å²) in [5, 5.41) is 0. The lowest BCUT2D eigenvalue weighted by Gasteiger charge is -2.03. The Morgan fingerprint density at radius 1 is 1.05 bits per heavy atom. The van der Waals surface area contributed by atoms with Crippen LogP contribution in [0.3, 0.4) is 0 Å². The van der Waals surface area contributed by atoms with Crippen molar-refractivity contribution in [2.75, 3.05) is 6.61 Å². The molecule has 0 atom stereocenters. The van der Waals surface area contributed by atoms with Gasteiger partial charge in [0.05, 0.1) is 6.61 Å². The van der Waals surface area contributed by atoms with Crippen molar-refractivity contribution in [3.8, 4) is 0 Å². The Hall–Kier alpha value is -2.01. The Morgan fingerprint density at radius 2 is 1.71 bits per heavy atom. The van der Waals surface area contributed by atoms with E-state index < -0.39 is 5.97 Å². The molecule has 1 heterocycles. The molecule has 0 aliphatic carbocycles. The maximum absolute atomic E-state index is 12.2. The van der Waals surface area contributed by atoms with Crippen molar-refractivity contribution in [3.63, 3.8) is 0 Å². The number of benzene rings is 1. The van der Waals surface area contributed by atoms with E-state index in [0.717, 1.165) is 0 Å². The Morgan fingerprint density at radius 3 is 2.38 bits per heavy atom. The molecule has 0 unspecified atom stereocenters. The molecular formula is C16H16BrNO3. The predicted molar refractivity (Wildman–Crippen MR) is 73.4 cm³/mol. The summed E-state index contributed by atoms with van der Waals surface area (Å²) in [7, 11) is 0. The van der Waals surface area contributed by atoms with Crippen molar-refractivity contribution in [1.29, 1.82) is 0 Å². The number of ketones is 1. The van der Waals surface area contributed by atoms with Gasteiger partial charge in [0.15, 0.2) is 6.20 Å². The first-order chi connectivity index (χ1) is 9.72. The van der Waals surface area contributed by atoms with E-state index >= 15 is 0 Å². The third kappa shape index (κ3) is 4.49. The molecule has 0 saturated carbocycles. The fraction of sp³-hybridized carbons (Fsp3) is 0.188. The minimum Gasteiger partial charge on any atom is -1.00 e. The fourth-order valence-electron chi connectivity index (χ4n) is 1.87. The zero-order chi connectivity index (χ0) is 14.4. The van der Waals surface area contributed by atoms with E-state index in [0.29, 0.717) is 17.9 Å². The number of hydrogen-bond donors (Lipinski definition) is 0. The molecule has 2 rings (SSSR count). The average molecular weight is 350 g/mol. The largest absolute Gasteiger partial charge is 1.00 e. The van der Waals surface area contributed by atoms with E-state index in [9.17, 15) is 9.59 Å². The van der Waals surface area contributed by atoms with E-state index in [1.54, 1.807) is 48.0 Å². The first-order valence-electron chi connectivity index (χ1n) is 6.46. The van der Waals surface area contributed by atoms with Gasteiger partial charge in [-0.2, -0.15) is 4.57 Å². The van der Waals surface area contributed by atoms with Gasteiger partial charge in [0, 0.05) is 17.7 Å². The Bertz CT molecular complexity index is 614. The topological polar surface area (TPSA) is 47.2 Å². The standard InChI is InChI=1S/C16H16NO3.BrH/c1-2-20-16(19)14-10-6-7-11-17(14)12-15(18)13-8-4-3-5-9-13;/h3-11H,2,12H2,1H3;1H/q+1;/p-1. The highest BCUT2D eigenvalue weighted by molar-refractivity contribution is 5.95. The maximum atomic E-state index is 12.2. The molecule has 0 bridgehead atoms. The summed E-state index contributed by atoms with van der Waals surface area (Å²) in [6, 6.07) is 14.2. The first kappa shape index (κ1) is 17.0. The Kier molecular flexibility index (Phi) is 6.75. The van der Waals surface area contributed by atoms with E-state index in [4.69, 9.17) is 4.74 Å². The number of rotatable bonds is 5. The minimum atomic E-state index is -0.422. The second kappa shape index (κ2) is 8.32. The van der Waals surface area contributed by atoms with Crippen LogP contribution in [0.4, 0.5) is 0 Å². The van der Waals surface area contributed by atoms with Gasteiger partial charge >= 0.3 is 5.97 Å². The number of Topliss-reactive ketones (excluding diaryl/α,β-unsaturated/α-hetero) is 1. The smallest absolute Gasteiger partial charge is 0.403 e. The van der Waals surface area contributed by atoms with Crippen LogP contribution in [0.2, 0.25) is 0 Å². The van der Waals surface area contributed by atoms with Gasteiger partial charge in [-0.25, -0.2) is 4.79 Å². The molecule has 5 heteroatoms. The van der Waals surface area contributed by atoms with Crippen LogP contribution in [-0.4, -0.2) is 18.4 Å². The molecule has 0 amide bonds. The first-order valence-corrected chi connectivity index (χ1v) is 6.46. The van der Waals surface area contributed by atoms with Crippen LogP contribution in [0.5, 0.6) is 0 Å². The molecule has 1 aromatic carbocycles. The van der Waals surface area contributed by atoms with Gasteiger partial charge in [0.25, 0.3) is 5.69 Å². The molecule has 0 radical (unpaired) electrons. The van der Waals surface area contributed by atoms with Crippen LogP contribution in [0.1, 0.15) is 27.8 Å². The zero-order valence-electron chi connectivity index (χ0n) is 11.7. The summed E-state index contributed by atoms with van der Waals surface area (Å²) in [5.74, 6) is -0.471. The number of hydrogen-bond acceptors (Lipinski definition) is 3. The molecule has 1 aromatic heterocycles. The molecule has 110 valence electrons. The average Bonchev–Trinajstić information content (AvgIpc) is 2.49. The minimum absolute atomic E-state index is 0. The lowest BCUT2D eigenvalue weighted by molar-refractivity contribution is -0.685. The summed E-state index contributed by atoms with van der Waals surface area (Å²) in [6.45, 7) is 2.17. The van der Waals surface area contributed by atoms with Crippen LogP contribution in [-0.2, 0) is 11.3 Å². The highest BCUT2D eigenvalue weighted by Crippen LogP contribution is 2.01. The molecule has 0 aliphatic rings. The normalized spacial score (nSPS) is 9.57. The summed E-state index contributed by atoms with van der Waals surface area (Å²) < 4.78 is 6.59. The highest BCUT2D eigenvalue weighted by Gasteiger charge is 2.22. The molecule has 4 nitrogen and oxygen atoms in total. The van der Waals surface area contributed by atoms with Gasteiger partial charge in [0.1, 0.15) is 0 Å². The Balaban J connectivity index is 0.00000220. The highest BCUT2D eigenvalue weighted by atomic mass is 79.9. The van der Waals surface area contributed by atoms with Crippen LogP contribution >= 0.6 is 0 Å². The van der Waals surface area contributed by atoms with Crippen molar-refractivity contribution in [2.24, 2.45) is 0 Å².